The zero-order valence-corrected chi connectivity index (χ0v) is 13.6. The van der Waals surface area contributed by atoms with Crippen molar-refractivity contribution in [3.05, 3.63) is 16.1 Å². The number of rotatable bonds is 3. The lowest BCUT2D eigenvalue weighted by Gasteiger charge is -2.65. The number of thiazole rings is 1. The highest BCUT2D eigenvalue weighted by Gasteiger charge is 2.70. The third-order valence-corrected chi connectivity index (χ3v) is 6.07. The maximum atomic E-state index is 12.7. The lowest BCUT2D eigenvalue weighted by atomic mass is 9.46. The zero-order valence-electron chi connectivity index (χ0n) is 12.8. The van der Waals surface area contributed by atoms with Crippen LogP contribution in [0, 0.1) is 18.3 Å². The molecule has 1 saturated carbocycles. The molecular formula is C15H23N3O2S. The number of nitrogens with one attached hydrogen (secondary N) is 1. The number of aryl methyl sites for hydroxylation is 1. The largest absolute Gasteiger partial charge is 0.377 e. The van der Waals surface area contributed by atoms with Crippen molar-refractivity contribution in [1.82, 2.24) is 10.3 Å². The summed E-state index contributed by atoms with van der Waals surface area (Å²) in [4.78, 5) is 17.9. The Labute approximate surface area is 129 Å². The van der Waals surface area contributed by atoms with Gasteiger partial charge >= 0.3 is 0 Å². The van der Waals surface area contributed by atoms with E-state index in [1.165, 1.54) is 0 Å². The first-order valence-electron chi connectivity index (χ1n) is 7.47. The number of hydrogen-bond donors (Lipinski definition) is 2. The van der Waals surface area contributed by atoms with Crippen LogP contribution in [-0.2, 0) is 16.1 Å². The first-order chi connectivity index (χ1) is 9.87. The maximum absolute atomic E-state index is 12.7. The van der Waals surface area contributed by atoms with E-state index in [1.807, 2.05) is 27.0 Å². The van der Waals surface area contributed by atoms with Gasteiger partial charge < -0.3 is 15.8 Å². The molecule has 0 bridgehead atoms. The monoisotopic (exact) mass is 309 g/mol. The second kappa shape index (κ2) is 5.04. The van der Waals surface area contributed by atoms with Crippen molar-refractivity contribution in [2.24, 2.45) is 17.1 Å². The van der Waals surface area contributed by atoms with Gasteiger partial charge in [-0.2, -0.15) is 0 Å². The number of carbonyl (C=O) groups is 1. The summed E-state index contributed by atoms with van der Waals surface area (Å²) < 4.78 is 5.84. The summed E-state index contributed by atoms with van der Waals surface area (Å²) in [5.74, 6) is 0.0646. The van der Waals surface area contributed by atoms with Crippen LogP contribution in [0.4, 0.5) is 0 Å². The van der Waals surface area contributed by atoms with Crippen molar-refractivity contribution in [3.63, 3.8) is 0 Å². The van der Waals surface area contributed by atoms with Gasteiger partial charge in [-0.25, -0.2) is 4.98 Å². The van der Waals surface area contributed by atoms with Gasteiger partial charge in [0.15, 0.2) is 0 Å². The highest BCUT2D eigenvalue weighted by molar-refractivity contribution is 7.11. The van der Waals surface area contributed by atoms with Gasteiger partial charge in [0.25, 0.3) is 0 Å². The molecule has 3 N–H and O–H groups in total. The van der Waals surface area contributed by atoms with E-state index in [1.54, 1.807) is 11.3 Å². The van der Waals surface area contributed by atoms with Crippen molar-refractivity contribution in [2.75, 3.05) is 6.61 Å². The molecule has 0 spiro atoms. The Hall–Kier alpha value is -0.980. The normalized spacial score (nSPS) is 33.9. The third kappa shape index (κ3) is 2.12. The van der Waals surface area contributed by atoms with Gasteiger partial charge in [0.1, 0.15) is 5.54 Å². The van der Waals surface area contributed by atoms with E-state index in [0.29, 0.717) is 6.54 Å². The first kappa shape index (κ1) is 14.9. The van der Waals surface area contributed by atoms with Gasteiger partial charge in [-0.1, -0.05) is 13.8 Å². The second-order valence-corrected chi connectivity index (χ2v) is 7.98. The van der Waals surface area contributed by atoms with Crippen molar-refractivity contribution in [2.45, 2.75) is 51.8 Å². The molecule has 2 fully saturated rings. The number of fused-ring (bicyclic) bond motifs is 1. The number of aromatic nitrogens is 1. The average molecular weight is 309 g/mol. The number of nitrogens with zero attached hydrogens (tertiary/aromatic N) is 1. The average Bonchev–Trinajstić information content (AvgIpc) is 2.89. The Morgan fingerprint density at radius 3 is 3.05 bits per heavy atom. The van der Waals surface area contributed by atoms with Crippen LogP contribution in [0.25, 0.3) is 0 Å². The Morgan fingerprint density at radius 2 is 2.38 bits per heavy atom. The van der Waals surface area contributed by atoms with E-state index < -0.39 is 5.54 Å². The van der Waals surface area contributed by atoms with E-state index >= 15 is 0 Å². The van der Waals surface area contributed by atoms with Crippen LogP contribution in [0.3, 0.4) is 0 Å². The smallest absolute Gasteiger partial charge is 0.241 e. The molecule has 1 aliphatic carbocycles. The molecule has 116 valence electrons. The summed E-state index contributed by atoms with van der Waals surface area (Å²) in [6, 6.07) is 0. The molecule has 1 aromatic rings. The maximum Gasteiger partial charge on any atom is 0.241 e. The molecule has 5 nitrogen and oxygen atoms in total. The first-order valence-corrected chi connectivity index (χ1v) is 8.29. The summed E-state index contributed by atoms with van der Waals surface area (Å²) in [5, 5.41) is 4.00. The van der Waals surface area contributed by atoms with Crippen LogP contribution < -0.4 is 11.1 Å². The third-order valence-electron chi connectivity index (χ3n) is 5.15. The fourth-order valence-electron chi connectivity index (χ4n) is 3.84. The van der Waals surface area contributed by atoms with Crippen LogP contribution in [-0.4, -0.2) is 29.1 Å². The molecule has 2 aliphatic rings. The van der Waals surface area contributed by atoms with E-state index in [9.17, 15) is 4.79 Å². The van der Waals surface area contributed by atoms with Crippen LogP contribution >= 0.6 is 11.3 Å². The van der Waals surface area contributed by atoms with Crippen LogP contribution in [0.5, 0.6) is 0 Å². The highest BCUT2D eigenvalue weighted by Crippen LogP contribution is 2.57. The molecule has 3 rings (SSSR count). The Balaban J connectivity index is 1.70. The summed E-state index contributed by atoms with van der Waals surface area (Å²) in [7, 11) is 0. The number of nitrogens with two attached hydrogens (primary N) is 1. The Bertz CT molecular complexity index is 557. The standard InChI is InChI=1S/C15H23N3O2S/c1-9-17-7-10(21-9)8-18-13(19)15(16)11-5-4-6-20-12(11)14(15,2)3/h7,11-12H,4-6,8,16H2,1-3H3,(H,18,19). The van der Waals surface area contributed by atoms with Crippen molar-refractivity contribution in [3.8, 4) is 0 Å². The van der Waals surface area contributed by atoms with Crippen LogP contribution in [0.15, 0.2) is 6.20 Å². The number of ether oxygens (including phenoxy) is 1. The minimum atomic E-state index is -0.835. The molecule has 21 heavy (non-hydrogen) atoms. The van der Waals surface area contributed by atoms with Gasteiger partial charge in [0.05, 0.1) is 17.7 Å². The predicted octanol–water partition coefficient (Wildman–Crippen LogP) is 1.60. The van der Waals surface area contributed by atoms with Crippen LogP contribution in [0.2, 0.25) is 0 Å². The molecule has 0 radical (unpaired) electrons. The minimum absolute atomic E-state index is 0.0645. The summed E-state index contributed by atoms with van der Waals surface area (Å²) in [6.45, 7) is 7.31. The second-order valence-electron chi connectivity index (χ2n) is 6.66. The van der Waals surface area contributed by atoms with Gasteiger partial charge in [0.2, 0.25) is 5.91 Å². The molecule has 3 unspecified atom stereocenters. The molecule has 1 saturated heterocycles. The van der Waals surface area contributed by atoms with E-state index in [0.717, 1.165) is 29.3 Å². The molecule has 0 aromatic carbocycles. The van der Waals surface area contributed by atoms with Crippen molar-refractivity contribution >= 4 is 17.2 Å². The van der Waals surface area contributed by atoms with Gasteiger partial charge in [0, 0.05) is 29.0 Å². The molecular weight excluding hydrogens is 286 g/mol. The fraction of sp³-hybridized carbons (Fsp3) is 0.733. The molecule has 3 atom stereocenters. The van der Waals surface area contributed by atoms with E-state index in [2.05, 4.69) is 10.3 Å². The SMILES string of the molecule is Cc1ncc(CNC(=O)C2(N)C3CCCOC3C2(C)C)s1. The van der Waals surface area contributed by atoms with E-state index in [4.69, 9.17) is 10.5 Å². The minimum Gasteiger partial charge on any atom is -0.377 e. The molecule has 2 heterocycles. The lowest BCUT2D eigenvalue weighted by molar-refractivity contribution is -0.225. The summed E-state index contributed by atoms with van der Waals surface area (Å²) >= 11 is 1.60. The Kier molecular flexibility index (Phi) is 3.58. The van der Waals surface area contributed by atoms with Gasteiger partial charge in [-0.15, -0.1) is 11.3 Å². The predicted molar refractivity (Wildman–Crippen MR) is 81.9 cm³/mol. The number of carbonyl (C=O) groups excluding carboxylic acids is 1. The topological polar surface area (TPSA) is 77.2 Å². The number of amides is 1. The zero-order chi connectivity index (χ0) is 15.3. The van der Waals surface area contributed by atoms with E-state index in [-0.39, 0.29) is 23.3 Å². The van der Waals surface area contributed by atoms with Gasteiger partial charge in [-0.3, -0.25) is 4.79 Å². The fourth-order valence-corrected chi connectivity index (χ4v) is 4.57. The highest BCUT2D eigenvalue weighted by atomic mass is 32.1. The van der Waals surface area contributed by atoms with Crippen molar-refractivity contribution < 1.29 is 9.53 Å². The lowest BCUT2D eigenvalue weighted by Crippen LogP contribution is -2.82. The Morgan fingerprint density at radius 1 is 1.62 bits per heavy atom. The quantitative estimate of drug-likeness (QED) is 0.889. The molecule has 1 amide bonds. The summed E-state index contributed by atoms with van der Waals surface area (Å²) in [6.07, 6.45) is 3.87. The van der Waals surface area contributed by atoms with Gasteiger partial charge in [-0.05, 0) is 19.8 Å². The van der Waals surface area contributed by atoms with Crippen LogP contribution in [0.1, 0.15) is 36.6 Å². The number of hydrogen-bond acceptors (Lipinski definition) is 5. The summed E-state index contributed by atoms with van der Waals surface area (Å²) in [5.41, 5.74) is 5.38. The van der Waals surface area contributed by atoms with Crippen molar-refractivity contribution in [1.29, 1.82) is 0 Å². The molecule has 6 heteroatoms. The molecule has 1 aromatic heterocycles. The molecule has 1 aliphatic heterocycles.